The van der Waals surface area contributed by atoms with Crippen molar-refractivity contribution in [2.24, 2.45) is 0 Å². The SMILES string of the molecule is CC(O)(CNC(=O)c1cc(Br)c(O)c(Br)c1)C(=O)O. The summed E-state index contributed by atoms with van der Waals surface area (Å²) in [5.74, 6) is -2.04. The summed E-state index contributed by atoms with van der Waals surface area (Å²) in [5, 5.41) is 30.0. The molecular formula is C11H11Br2NO5. The van der Waals surface area contributed by atoms with E-state index < -0.39 is 24.0 Å². The van der Waals surface area contributed by atoms with Crippen molar-refractivity contribution in [1.29, 1.82) is 0 Å². The van der Waals surface area contributed by atoms with E-state index in [0.29, 0.717) is 8.95 Å². The second kappa shape index (κ2) is 5.89. The van der Waals surface area contributed by atoms with Gasteiger partial charge in [-0.05, 0) is 50.9 Å². The largest absolute Gasteiger partial charge is 0.506 e. The van der Waals surface area contributed by atoms with E-state index in [0.717, 1.165) is 6.92 Å². The highest BCUT2D eigenvalue weighted by Gasteiger charge is 2.30. The summed E-state index contributed by atoms with van der Waals surface area (Å²) in [5.41, 5.74) is -1.83. The van der Waals surface area contributed by atoms with E-state index in [4.69, 9.17) is 5.11 Å². The zero-order chi connectivity index (χ0) is 14.8. The van der Waals surface area contributed by atoms with Crippen LogP contribution in [0.5, 0.6) is 5.75 Å². The zero-order valence-corrected chi connectivity index (χ0v) is 12.9. The molecule has 0 radical (unpaired) electrons. The quantitative estimate of drug-likeness (QED) is 0.616. The molecule has 0 saturated heterocycles. The van der Waals surface area contributed by atoms with Crippen LogP contribution in [-0.4, -0.2) is 39.3 Å². The molecule has 8 heteroatoms. The highest BCUT2D eigenvalue weighted by atomic mass is 79.9. The summed E-state index contributed by atoms with van der Waals surface area (Å²) in [7, 11) is 0. The number of amides is 1. The number of phenolic OH excluding ortho intramolecular Hbond substituents is 1. The lowest BCUT2D eigenvalue weighted by Crippen LogP contribution is -2.46. The van der Waals surface area contributed by atoms with Gasteiger partial charge in [0.05, 0.1) is 15.5 Å². The predicted molar refractivity (Wildman–Crippen MR) is 74.1 cm³/mol. The van der Waals surface area contributed by atoms with Gasteiger partial charge in [0.15, 0.2) is 5.60 Å². The third-order valence-corrected chi connectivity index (χ3v) is 3.54. The fourth-order valence-electron chi connectivity index (χ4n) is 1.13. The van der Waals surface area contributed by atoms with Crippen LogP contribution in [0.15, 0.2) is 21.1 Å². The summed E-state index contributed by atoms with van der Waals surface area (Å²) in [6.07, 6.45) is 0. The van der Waals surface area contributed by atoms with Crippen molar-refractivity contribution >= 4 is 43.7 Å². The smallest absolute Gasteiger partial charge is 0.337 e. The average Bonchev–Trinajstić information content (AvgIpc) is 2.32. The van der Waals surface area contributed by atoms with Crippen molar-refractivity contribution in [3.05, 3.63) is 26.6 Å². The van der Waals surface area contributed by atoms with Gasteiger partial charge in [-0.25, -0.2) is 4.79 Å². The highest BCUT2D eigenvalue weighted by molar-refractivity contribution is 9.11. The first-order chi connectivity index (χ1) is 8.65. The number of aliphatic hydroxyl groups is 1. The van der Waals surface area contributed by atoms with E-state index in [1.807, 2.05) is 0 Å². The molecule has 0 aromatic heterocycles. The zero-order valence-electron chi connectivity index (χ0n) is 9.78. The molecule has 0 spiro atoms. The number of carbonyl (C=O) groups excluding carboxylic acids is 1. The fraction of sp³-hybridized carbons (Fsp3) is 0.273. The monoisotopic (exact) mass is 395 g/mol. The Labute approximate surface area is 125 Å². The molecule has 1 rings (SSSR count). The number of hydrogen-bond donors (Lipinski definition) is 4. The molecule has 0 aliphatic heterocycles. The number of phenols is 1. The molecule has 19 heavy (non-hydrogen) atoms. The molecule has 1 unspecified atom stereocenters. The van der Waals surface area contributed by atoms with E-state index in [1.165, 1.54) is 12.1 Å². The van der Waals surface area contributed by atoms with Crippen LogP contribution in [0.25, 0.3) is 0 Å². The maximum absolute atomic E-state index is 11.8. The number of carbonyl (C=O) groups is 2. The number of hydrogen-bond acceptors (Lipinski definition) is 4. The van der Waals surface area contributed by atoms with Gasteiger partial charge < -0.3 is 20.6 Å². The molecule has 1 amide bonds. The molecule has 1 atom stereocenters. The summed E-state index contributed by atoms with van der Waals surface area (Å²) < 4.78 is 0.633. The second-order valence-electron chi connectivity index (χ2n) is 4.05. The number of aromatic hydroxyl groups is 1. The standard InChI is InChI=1S/C11H11Br2NO5/c1-11(19,10(17)18)4-14-9(16)5-2-6(12)8(15)7(13)3-5/h2-3,15,19H,4H2,1H3,(H,14,16)(H,17,18). The maximum atomic E-state index is 11.8. The number of halogens is 2. The van der Waals surface area contributed by atoms with Crippen LogP contribution in [0.3, 0.4) is 0 Å². The number of benzene rings is 1. The highest BCUT2D eigenvalue weighted by Crippen LogP contribution is 2.33. The van der Waals surface area contributed by atoms with Gasteiger partial charge in [0, 0.05) is 5.56 Å². The lowest BCUT2D eigenvalue weighted by molar-refractivity contribution is -0.155. The molecule has 0 aliphatic rings. The number of rotatable bonds is 4. The number of aliphatic carboxylic acids is 1. The van der Waals surface area contributed by atoms with E-state index in [1.54, 1.807) is 0 Å². The number of carboxylic acids is 1. The van der Waals surface area contributed by atoms with Crippen LogP contribution in [0.1, 0.15) is 17.3 Å². The van der Waals surface area contributed by atoms with Crippen molar-refractivity contribution in [2.45, 2.75) is 12.5 Å². The van der Waals surface area contributed by atoms with Gasteiger partial charge in [0.1, 0.15) is 5.75 Å². The maximum Gasteiger partial charge on any atom is 0.337 e. The van der Waals surface area contributed by atoms with Crippen LogP contribution in [0.2, 0.25) is 0 Å². The van der Waals surface area contributed by atoms with Crippen molar-refractivity contribution < 1.29 is 24.9 Å². The Bertz CT molecular complexity index is 507. The first-order valence-corrected chi connectivity index (χ1v) is 6.65. The molecule has 0 aliphatic carbocycles. The molecule has 1 aromatic carbocycles. The van der Waals surface area contributed by atoms with Crippen LogP contribution in [-0.2, 0) is 4.79 Å². The van der Waals surface area contributed by atoms with Gasteiger partial charge in [0.25, 0.3) is 5.91 Å². The van der Waals surface area contributed by atoms with Crippen LogP contribution in [0, 0.1) is 0 Å². The van der Waals surface area contributed by atoms with Gasteiger partial charge in [0.2, 0.25) is 0 Å². The van der Waals surface area contributed by atoms with E-state index >= 15 is 0 Å². The Morgan fingerprint density at radius 1 is 1.32 bits per heavy atom. The molecule has 0 saturated carbocycles. The Kier molecular flexibility index (Phi) is 4.94. The van der Waals surface area contributed by atoms with Crippen molar-refractivity contribution in [3.63, 3.8) is 0 Å². The lowest BCUT2D eigenvalue weighted by Gasteiger charge is -2.18. The summed E-state index contributed by atoms with van der Waals surface area (Å²) in [4.78, 5) is 22.5. The molecule has 4 N–H and O–H groups in total. The number of carboxylic acid groups (broad SMARTS) is 1. The summed E-state index contributed by atoms with van der Waals surface area (Å²) >= 11 is 6.15. The van der Waals surface area contributed by atoms with Crippen LogP contribution >= 0.6 is 31.9 Å². The molecule has 0 bridgehead atoms. The first-order valence-electron chi connectivity index (χ1n) is 5.07. The Morgan fingerprint density at radius 2 is 1.79 bits per heavy atom. The Hall–Kier alpha value is -1.12. The third-order valence-electron chi connectivity index (χ3n) is 2.33. The Balaban J connectivity index is 2.83. The molecule has 0 fully saturated rings. The van der Waals surface area contributed by atoms with Crippen molar-refractivity contribution in [1.82, 2.24) is 5.32 Å². The third kappa shape index (κ3) is 3.92. The molecule has 6 nitrogen and oxygen atoms in total. The van der Waals surface area contributed by atoms with Gasteiger partial charge in [-0.3, -0.25) is 4.79 Å². The molecule has 0 heterocycles. The minimum Gasteiger partial charge on any atom is -0.506 e. The molecular weight excluding hydrogens is 386 g/mol. The van der Waals surface area contributed by atoms with Crippen LogP contribution < -0.4 is 5.32 Å². The van der Waals surface area contributed by atoms with E-state index in [-0.39, 0.29) is 11.3 Å². The fourth-order valence-corrected chi connectivity index (χ4v) is 2.31. The van der Waals surface area contributed by atoms with Gasteiger partial charge in [-0.1, -0.05) is 0 Å². The normalized spacial score (nSPS) is 13.7. The minimum atomic E-state index is -2.04. The van der Waals surface area contributed by atoms with Crippen LogP contribution in [0.4, 0.5) is 0 Å². The predicted octanol–water partition coefficient (Wildman–Crippen LogP) is 1.48. The second-order valence-corrected chi connectivity index (χ2v) is 5.76. The average molecular weight is 397 g/mol. The van der Waals surface area contributed by atoms with Gasteiger partial charge in [-0.15, -0.1) is 0 Å². The van der Waals surface area contributed by atoms with E-state index in [9.17, 15) is 19.8 Å². The van der Waals surface area contributed by atoms with Crippen molar-refractivity contribution in [2.75, 3.05) is 6.54 Å². The molecule has 104 valence electrons. The minimum absolute atomic E-state index is 0.0471. The van der Waals surface area contributed by atoms with E-state index in [2.05, 4.69) is 37.2 Å². The lowest BCUT2D eigenvalue weighted by atomic mass is 10.1. The molecule has 1 aromatic rings. The Morgan fingerprint density at radius 3 is 2.21 bits per heavy atom. The number of nitrogens with one attached hydrogen (secondary N) is 1. The topological polar surface area (TPSA) is 107 Å². The first kappa shape index (κ1) is 15.9. The summed E-state index contributed by atoms with van der Waals surface area (Å²) in [6, 6.07) is 2.76. The summed E-state index contributed by atoms with van der Waals surface area (Å²) in [6.45, 7) is 0.648. The van der Waals surface area contributed by atoms with Gasteiger partial charge in [-0.2, -0.15) is 0 Å². The van der Waals surface area contributed by atoms with Crippen molar-refractivity contribution in [3.8, 4) is 5.75 Å². The van der Waals surface area contributed by atoms with Gasteiger partial charge >= 0.3 is 5.97 Å².